The zero-order valence-corrected chi connectivity index (χ0v) is 12.8. The highest BCUT2D eigenvalue weighted by atomic mass is 16.5. The normalized spacial score (nSPS) is 10.5. The van der Waals surface area contributed by atoms with Crippen molar-refractivity contribution in [3.8, 4) is 5.75 Å². The molecule has 118 valence electrons. The van der Waals surface area contributed by atoms with Crippen LogP contribution in [0.4, 0.5) is 0 Å². The summed E-state index contributed by atoms with van der Waals surface area (Å²) in [5.74, 6) is -0.932. The monoisotopic (exact) mass is 299 g/mol. The maximum atomic E-state index is 12.0. The number of carbonyl (C=O) groups is 2. The highest BCUT2D eigenvalue weighted by Gasteiger charge is 2.19. The molecule has 1 aromatic heterocycles. The molecule has 0 aliphatic heterocycles. The number of methoxy groups -OCH3 is 1. The number of hydrogen-bond acceptors (Lipinski definition) is 5. The summed E-state index contributed by atoms with van der Waals surface area (Å²) in [6.45, 7) is 3.48. The number of carboxylic acids is 1. The smallest absolute Gasteiger partial charge is 0.323 e. The number of carbonyl (C=O) groups excluding carboxylic acids is 1. The van der Waals surface area contributed by atoms with Gasteiger partial charge in [-0.3, -0.25) is 14.3 Å². The molecule has 0 saturated heterocycles. The second-order valence-corrected chi connectivity index (χ2v) is 4.61. The average molecular weight is 299 g/mol. The Bertz CT molecular complexity index is 512. The summed E-state index contributed by atoms with van der Waals surface area (Å²) in [4.78, 5) is 24.0. The highest BCUT2D eigenvalue weighted by molar-refractivity contribution is 5.82. The van der Waals surface area contributed by atoms with Gasteiger partial charge in [0.1, 0.15) is 12.2 Å². The maximum Gasteiger partial charge on any atom is 0.323 e. The first kappa shape index (κ1) is 17.0. The van der Waals surface area contributed by atoms with Gasteiger partial charge in [0.25, 0.3) is 5.91 Å². The molecule has 0 bridgehead atoms. The third kappa shape index (κ3) is 4.75. The number of aryl methyl sites for hydroxylation is 2. The minimum Gasteiger partial charge on any atom is -0.480 e. The van der Waals surface area contributed by atoms with Gasteiger partial charge in [0.2, 0.25) is 0 Å². The second-order valence-electron chi connectivity index (χ2n) is 4.61. The average Bonchev–Trinajstić information content (AvgIpc) is 2.65. The van der Waals surface area contributed by atoms with E-state index >= 15 is 0 Å². The molecule has 0 saturated carbocycles. The van der Waals surface area contributed by atoms with E-state index in [0.29, 0.717) is 11.4 Å². The number of aliphatic carboxylic acids is 1. The Morgan fingerprint density at radius 3 is 2.52 bits per heavy atom. The van der Waals surface area contributed by atoms with E-state index in [-0.39, 0.29) is 26.3 Å². The molecule has 1 N–H and O–H groups in total. The fourth-order valence-corrected chi connectivity index (χ4v) is 1.84. The Hall–Kier alpha value is -2.09. The topological polar surface area (TPSA) is 93.9 Å². The summed E-state index contributed by atoms with van der Waals surface area (Å²) in [6.07, 6.45) is 0. The molecule has 0 unspecified atom stereocenters. The molecular weight excluding hydrogens is 278 g/mol. The summed E-state index contributed by atoms with van der Waals surface area (Å²) in [5, 5.41) is 13.0. The SMILES string of the molecule is COCCN(CC(=O)O)C(=O)COc1c(C)nn(C)c1C. The predicted octanol–water partition coefficient (Wildman–Crippen LogP) is -0.0247. The van der Waals surface area contributed by atoms with Gasteiger partial charge in [0, 0.05) is 20.7 Å². The Morgan fingerprint density at radius 2 is 2.05 bits per heavy atom. The molecule has 0 fully saturated rings. The van der Waals surface area contributed by atoms with Gasteiger partial charge in [-0.1, -0.05) is 0 Å². The number of ether oxygens (including phenoxy) is 2. The molecule has 21 heavy (non-hydrogen) atoms. The fraction of sp³-hybridized carbons (Fsp3) is 0.615. The summed E-state index contributed by atoms with van der Waals surface area (Å²) in [5.41, 5.74) is 1.49. The molecular formula is C13H21N3O5. The number of amides is 1. The van der Waals surface area contributed by atoms with Gasteiger partial charge < -0.3 is 19.5 Å². The molecule has 0 spiro atoms. The van der Waals surface area contributed by atoms with Crippen molar-refractivity contribution in [1.82, 2.24) is 14.7 Å². The minimum atomic E-state index is -1.08. The Balaban J connectivity index is 2.66. The summed E-state index contributed by atoms with van der Waals surface area (Å²) in [7, 11) is 3.27. The van der Waals surface area contributed by atoms with Crippen LogP contribution in [0.15, 0.2) is 0 Å². The van der Waals surface area contributed by atoms with E-state index in [1.165, 1.54) is 12.0 Å². The first-order chi connectivity index (χ1) is 9.86. The fourth-order valence-electron chi connectivity index (χ4n) is 1.84. The van der Waals surface area contributed by atoms with Crippen LogP contribution < -0.4 is 4.74 Å². The van der Waals surface area contributed by atoms with E-state index in [1.54, 1.807) is 18.7 Å². The van der Waals surface area contributed by atoms with Crippen molar-refractivity contribution in [3.05, 3.63) is 11.4 Å². The van der Waals surface area contributed by atoms with Crippen LogP contribution in [0.2, 0.25) is 0 Å². The lowest BCUT2D eigenvalue weighted by Crippen LogP contribution is -2.40. The molecule has 0 aliphatic rings. The maximum absolute atomic E-state index is 12.0. The van der Waals surface area contributed by atoms with Crippen molar-refractivity contribution in [2.75, 3.05) is 33.4 Å². The Kier molecular flexibility index (Phi) is 6.16. The van der Waals surface area contributed by atoms with Crippen molar-refractivity contribution < 1.29 is 24.2 Å². The van der Waals surface area contributed by atoms with Gasteiger partial charge in [0.05, 0.1) is 12.3 Å². The van der Waals surface area contributed by atoms with Crippen molar-refractivity contribution in [2.45, 2.75) is 13.8 Å². The standard InChI is InChI=1S/C13H21N3O5/c1-9-13(10(2)15(3)14-9)21-8-11(17)16(5-6-20-4)7-12(18)19/h5-8H2,1-4H3,(H,18,19). The van der Waals surface area contributed by atoms with E-state index in [4.69, 9.17) is 14.6 Å². The van der Waals surface area contributed by atoms with Gasteiger partial charge in [-0.25, -0.2) is 0 Å². The van der Waals surface area contributed by atoms with Crippen LogP contribution in [-0.2, 0) is 21.4 Å². The molecule has 0 aromatic carbocycles. The molecule has 0 radical (unpaired) electrons. The summed E-state index contributed by atoms with van der Waals surface area (Å²) >= 11 is 0. The van der Waals surface area contributed by atoms with Crippen LogP contribution in [0.25, 0.3) is 0 Å². The largest absolute Gasteiger partial charge is 0.480 e. The van der Waals surface area contributed by atoms with Crippen molar-refractivity contribution in [1.29, 1.82) is 0 Å². The van der Waals surface area contributed by atoms with Gasteiger partial charge in [-0.2, -0.15) is 5.10 Å². The third-order valence-corrected chi connectivity index (χ3v) is 3.03. The van der Waals surface area contributed by atoms with E-state index in [0.717, 1.165) is 5.69 Å². The van der Waals surface area contributed by atoms with E-state index in [2.05, 4.69) is 5.10 Å². The predicted molar refractivity (Wildman–Crippen MR) is 74.3 cm³/mol. The minimum absolute atomic E-state index is 0.204. The molecule has 1 rings (SSSR count). The highest BCUT2D eigenvalue weighted by Crippen LogP contribution is 2.21. The first-order valence-electron chi connectivity index (χ1n) is 6.48. The summed E-state index contributed by atoms with van der Waals surface area (Å²) in [6, 6.07) is 0. The van der Waals surface area contributed by atoms with E-state index < -0.39 is 11.9 Å². The van der Waals surface area contributed by atoms with Crippen molar-refractivity contribution >= 4 is 11.9 Å². The molecule has 0 aliphatic carbocycles. The number of rotatable bonds is 8. The van der Waals surface area contributed by atoms with E-state index in [9.17, 15) is 9.59 Å². The van der Waals surface area contributed by atoms with Crippen LogP contribution >= 0.6 is 0 Å². The molecule has 0 atom stereocenters. The number of carboxylic acid groups (broad SMARTS) is 1. The number of nitrogens with zero attached hydrogens (tertiary/aromatic N) is 3. The second kappa shape index (κ2) is 7.63. The lowest BCUT2D eigenvalue weighted by atomic mass is 10.3. The van der Waals surface area contributed by atoms with Crippen molar-refractivity contribution in [3.63, 3.8) is 0 Å². The summed E-state index contributed by atoms with van der Waals surface area (Å²) < 4.78 is 12.0. The van der Waals surface area contributed by atoms with Crippen LogP contribution in [0.3, 0.4) is 0 Å². The lowest BCUT2D eigenvalue weighted by Gasteiger charge is -2.20. The van der Waals surface area contributed by atoms with Crippen LogP contribution in [-0.4, -0.2) is 65.1 Å². The molecule has 1 heterocycles. The molecule has 1 amide bonds. The lowest BCUT2D eigenvalue weighted by molar-refractivity contribution is -0.145. The van der Waals surface area contributed by atoms with Gasteiger partial charge in [-0.05, 0) is 13.8 Å². The van der Waals surface area contributed by atoms with E-state index in [1.807, 2.05) is 6.92 Å². The van der Waals surface area contributed by atoms with Crippen LogP contribution in [0.1, 0.15) is 11.4 Å². The van der Waals surface area contributed by atoms with Gasteiger partial charge in [0.15, 0.2) is 12.4 Å². The van der Waals surface area contributed by atoms with Gasteiger partial charge in [-0.15, -0.1) is 0 Å². The van der Waals surface area contributed by atoms with Crippen molar-refractivity contribution in [2.24, 2.45) is 7.05 Å². The zero-order chi connectivity index (χ0) is 16.0. The molecule has 8 nitrogen and oxygen atoms in total. The molecule has 8 heteroatoms. The zero-order valence-electron chi connectivity index (χ0n) is 12.8. The number of aromatic nitrogens is 2. The van der Waals surface area contributed by atoms with Crippen LogP contribution in [0, 0.1) is 13.8 Å². The quantitative estimate of drug-likeness (QED) is 0.725. The first-order valence-corrected chi connectivity index (χ1v) is 6.48. The third-order valence-electron chi connectivity index (χ3n) is 3.03. The van der Waals surface area contributed by atoms with Crippen LogP contribution in [0.5, 0.6) is 5.75 Å². The van der Waals surface area contributed by atoms with Gasteiger partial charge >= 0.3 is 5.97 Å². The number of hydrogen-bond donors (Lipinski definition) is 1. The Morgan fingerprint density at radius 1 is 1.38 bits per heavy atom. The molecule has 1 aromatic rings. The Labute approximate surface area is 123 Å².